The van der Waals surface area contributed by atoms with Crippen LogP contribution >= 0.6 is 0 Å². The molecule has 0 aromatic rings. The molecule has 0 bridgehead atoms. The molecule has 0 radical (unpaired) electrons. The number of carbonyl (C=O) groups is 1. The smallest absolute Gasteiger partial charge is 0.249 e. The number of amides is 1. The van der Waals surface area contributed by atoms with E-state index in [1.54, 1.807) is 0 Å². The number of nitrogens with one attached hydrogen (secondary N) is 1. The van der Waals surface area contributed by atoms with Gasteiger partial charge in [0.1, 0.15) is 12.2 Å². The third-order valence-corrected chi connectivity index (χ3v) is 11.2. The van der Waals surface area contributed by atoms with Gasteiger partial charge in [-0.25, -0.2) is 0 Å². The number of rotatable bonds is 43. The van der Waals surface area contributed by atoms with Crippen molar-refractivity contribution in [1.29, 1.82) is 0 Å². The normalized spacial score (nSPS) is 14.2. The first-order valence-corrected chi connectivity index (χ1v) is 23.6. The summed E-state index contributed by atoms with van der Waals surface area (Å²) in [5.74, 6) is -0.592. The van der Waals surface area contributed by atoms with Crippen molar-refractivity contribution >= 4 is 5.91 Å². The molecule has 0 aliphatic rings. The van der Waals surface area contributed by atoms with Crippen LogP contribution in [-0.4, -0.2) is 57.3 Å². The molecule has 0 saturated heterocycles. The Bertz CT molecular complexity index is 761. The zero-order chi connectivity index (χ0) is 38.9. The molecule has 0 aliphatic carbocycles. The molecule has 4 unspecified atom stereocenters. The molecule has 6 heteroatoms. The Morgan fingerprint density at radius 3 is 1.13 bits per heavy atom. The highest BCUT2D eigenvalue weighted by Gasteiger charge is 2.28. The van der Waals surface area contributed by atoms with E-state index in [4.69, 9.17) is 0 Å². The lowest BCUT2D eigenvalue weighted by molar-refractivity contribution is -0.132. The summed E-state index contributed by atoms with van der Waals surface area (Å²) in [7, 11) is 0. The number of hydrogen-bond donors (Lipinski definition) is 5. The molecule has 1 amide bonds. The van der Waals surface area contributed by atoms with E-state index in [2.05, 4.69) is 31.3 Å². The van der Waals surface area contributed by atoms with Crippen LogP contribution in [0.3, 0.4) is 0 Å². The first-order valence-electron chi connectivity index (χ1n) is 23.6. The van der Waals surface area contributed by atoms with Gasteiger partial charge < -0.3 is 25.7 Å². The molecule has 0 saturated carbocycles. The zero-order valence-corrected chi connectivity index (χ0v) is 35.5. The molecular weight excluding hydrogens is 659 g/mol. The first kappa shape index (κ1) is 52.0. The van der Waals surface area contributed by atoms with E-state index in [9.17, 15) is 25.2 Å². The molecule has 0 aromatic heterocycles. The summed E-state index contributed by atoms with van der Waals surface area (Å²) in [6, 6.07) is -0.996. The van der Waals surface area contributed by atoms with Gasteiger partial charge in [-0.15, -0.1) is 0 Å². The lowest BCUT2D eigenvalue weighted by Gasteiger charge is -2.27. The molecular formula is C47H93NO5. The summed E-state index contributed by atoms with van der Waals surface area (Å²) < 4.78 is 0. The summed E-state index contributed by atoms with van der Waals surface area (Å²) in [5.41, 5.74) is 0. The number of allylic oxidation sites excluding steroid dienone is 2. The summed E-state index contributed by atoms with van der Waals surface area (Å²) in [6.07, 6.45) is 47.0. The second kappa shape index (κ2) is 42.2. The van der Waals surface area contributed by atoms with Crippen molar-refractivity contribution in [2.75, 3.05) is 6.61 Å². The van der Waals surface area contributed by atoms with E-state index >= 15 is 0 Å². The molecule has 316 valence electrons. The lowest BCUT2D eigenvalue weighted by atomic mass is 10.00. The van der Waals surface area contributed by atoms with E-state index in [1.165, 1.54) is 186 Å². The van der Waals surface area contributed by atoms with Crippen molar-refractivity contribution in [2.45, 2.75) is 276 Å². The summed E-state index contributed by atoms with van der Waals surface area (Å²) in [6.45, 7) is 4.04. The van der Waals surface area contributed by atoms with Crippen LogP contribution in [0.15, 0.2) is 12.2 Å². The van der Waals surface area contributed by atoms with Crippen LogP contribution in [0.5, 0.6) is 0 Å². The third kappa shape index (κ3) is 36.4. The Kier molecular flexibility index (Phi) is 41.4. The summed E-state index contributed by atoms with van der Waals surface area (Å²) in [5, 5.41) is 43.6. The van der Waals surface area contributed by atoms with Crippen LogP contribution in [0.25, 0.3) is 0 Å². The van der Waals surface area contributed by atoms with Crippen molar-refractivity contribution in [3.05, 3.63) is 12.2 Å². The molecule has 53 heavy (non-hydrogen) atoms. The largest absolute Gasteiger partial charge is 0.394 e. The molecule has 0 aromatic carbocycles. The molecule has 0 spiro atoms. The Balaban J connectivity index is 3.65. The van der Waals surface area contributed by atoms with Gasteiger partial charge in [0.05, 0.1) is 18.8 Å². The monoisotopic (exact) mass is 752 g/mol. The molecule has 4 atom stereocenters. The molecule has 0 rings (SSSR count). The van der Waals surface area contributed by atoms with E-state index in [0.717, 1.165) is 38.5 Å². The number of aliphatic hydroxyl groups is 4. The topological polar surface area (TPSA) is 110 Å². The predicted molar refractivity (Wildman–Crippen MR) is 228 cm³/mol. The fourth-order valence-electron chi connectivity index (χ4n) is 7.46. The van der Waals surface area contributed by atoms with E-state index in [1.807, 2.05) is 0 Å². The Hall–Kier alpha value is -0.950. The average Bonchev–Trinajstić information content (AvgIpc) is 3.16. The van der Waals surface area contributed by atoms with Gasteiger partial charge in [0, 0.05) is 0 Å². The van der Waals surface area contributed by atoms with Crippen LogP contribution in [0.1, 0.15) is 251 Å². The van der Waals surface area contributed by atoms with Gasteiger partial charge in [0.2, 0.25) is 5.91 Å². The fraction of sp³-hybridized carbons (Fsp3) is 0.936. The van der Waals surface area contributed by atoms with Crippen LogP contribution < -0.4 is 5.32 Å². The van der Waals surface area contributed by atoms with Gasteiger partial charge >= 0.3 is 0 Å². The minimum absolute atomic E-state index is 0.367. The Morgan fingerprint density at radius 1 is 0.453 bits per heavy atom. The zero-order valence-electron chi connectivity index (χ0n) is 35.5. The Morgan fingerprint density at radius 2 is 0.774 bits per heavy atom. The molecule has 0 heterocycles. The highest BCUT2D eigenvalue weighted by Crippen LogP contribution is 2.17. The summed E-state index contributed by atoms with van der Waals surface area (Å²) >= 11 is 0. The maximum absolute atomic E-state index is 12.5. The van der Waals surface area contributed by atoms with Crippen LogP contribution in [0.4, 0.5) is 0 Å². The van der Waals surface area contributed by atoms with Crippen molar-refractivity contribution in [2.24, 2.45) is 0 Å². The highest BCUT2D eigenvalue weighted by atomic mass is 16.3. The molecule has 0 fully saturated rings. The van der Waals surface area contributed by atoms with E-state index in [-0.39, 0.29) is 0 Å². The van der Waals surface area contributed by atoms with Gasteiger partial charge in [0.15, 0.2) is 0 Å². The second-order valence-electron chi connectivity index (χ2n) is 16.5. The van der Waals surface area contributed by atoms with Crippen molar-refractivity contribution in [3.63, 3.8) is 0 Å². The molecule has 6 nitrogen and oxygen atoms in total. The third-order valence-electron chi connectivity index (χ3n) is 11.2. The number of carbonyl (C=O) groups excluding carboxylic acids is 1. The van der Waals surface area contributed by atoms with Crippen molar-refractivity contribution < 1.29 is 25.2 Å². The van der Waals surface area contributed by atoms with Gasteiger partial charge in [-0.05, 0) is 38.5 Å². The fourth-order valence-corrected chi connectivity index (χ4v) is 7.46. The van der Waals surface area contributed by atoms with Gasteiger partial charge in [0.25, 0.3) is 0 Å². The van der Waals surface area contributed by atoms with Gasteiger partial charge in [-0.1, -0.05) is 225 Å². The molecule has 5 N–H and O–H groups in total. The summed E-state index contributed by atoms with van der Waals surface area (Å²) in [4.78, 5) is 12.5. The average molecular weight is 752 g/mol. The predicted octanol–water partition coefficient (Wildman–Crippen LogP) is 12.6. The maximum Gasteiger partial charge on any atom is 0.249 e. The van der Waals surface area contributed by atoms with Crippen molar-refractivity contribution in [1.82, 2.24) is 5.32 Å². The minimum Gasteiger partial charge on any atom is -0.394 e. The van der Waals surface area contributed by atoms with E-state index in [0.29, 0.717) is 12.8 Å². The highest BCUT2D eigenvalue weighted by molar-refractivity contribution is 5.80. The minimum atomic E-state index is -1.28. The van der Waals surface area contributed by atoms with E-state index < -0.39 is 36.9 Å². The lowest BCUT2D eigenvalue weighted by Crippen LogP contribution is -2.53. The first-order chi connectivity index (χ1) is 26.0. The van der Waals surface area contributed by atoms with Gasteiger partial charge in [-0.3, -0.25) is 4.79 Å². The van der Waals surface area contributed by atoms with Crippen LogP contribution in [-0.2, 0) is 4.79 Å². The number of aliphatic hydroxyl groups excluding tert-OH is 4. The maximum atomic E-state index is 12.5. The quantitative estimate of drug-likeness (QED) is 0.0315. The van der Waals surface area contributed by atoms with Crippen LogP contribution in [0, 0.1) is 0 Å². The van der Waals surface area contributed by atoms with Crippen molar-refractivity contribution in [3.8, 4) is 0 Å². The second-order valence-corrected chi connectivity index (χ2v) is 16.5. The number of hydrogen-bond acceptors (Lipinski definition) is 5. The SMILES string of the molecule is CCCCCCCCCCCCCCCCCCCCCCC/C=C/CCCC(O)C(O)C(CO)NC(=O)C(O)CCCCCCCCCCCCC. The standard InChI is InChI=1S/C47H93NO5/c1-3-5-7-9-11-13-15-16-17-18-19-20-21-22-23-24-25-26-27-28-29-31-32-34-36-38-40-44(50)46(52)43(42-49)48-47(53)45(51)41-39-37-35-33-30-14-12-10-8-6-4-2/h32,34,43-46,49-52H,3-31,33,35-42H2,1-2H3,(H,48,53)/b34-32+. The molecule has 0 aliphatic heterocycles. The van der Waals surface area contributed by atoms with Gasteiger partial charge in [-0.2, -0.15) is 0 Å². The van der Waals surface area contributed by atoms with Crippen LogP contribution in [0.2, 0.25) is 0 Å². The Labute approximate surface area is 330 Å². The number of unbranched alkanes of at least 4 members (excludes halogenated alkanes) is 32.